The zero-order valence-corrected chi connectivity index (χ0v) is 9.99. The van der Waals surface area contributed by atoms with Crippen LogP contribution in [0.2, 0.25) is 0 Å². The van der Waals surface area contributed by atoms with Gasteiger partial charge in [-0.2, -0.15) is 0 Å². The molecule has 1 heterocycles. The number of carbonyl (C=O) groups is 1. The Hall–Kier alpha value is -0.220. The molecule has 1 atom stereocenters. The van der Waals surface area contributed by atoms with E-state index in [2.05, 4.69) is 10.6 Å². The lowest BCUT2D eigenvalue weighted by Crippen LogP contribution is -2.44. The van der Waals surface area contributed by atoms with Gasteiger partial charge >= 0.3 is 0 Å². The van der Waals surface area contributed by atoms with Crippen molar-refractivity contribution in [3.05, 3.63) is 0 Å². The molecule has 82 valence electrons. The Bertz CT molecular complexity index is 193. The summed E-state index contributed by atoms with van der Waals surface area (Å²) in [6.07, 6.45) is 0. The lowest BCUT2D eigenvalue weighted by Gasteiger charge is -2.27. The third kappa shape index (κ3) is 3.88. The molecule has 1 unspecified atom stereocenters. The van der Waals surface area contributed by atoms with Crippen molar-refractivity contribution < 1.29 is 4.79 Å². The fourth-order valence-corrected chi connectivity index (χ4v) is 2.24. The van der Waals surface area contributed by atoms with Gasteiger partial charge in [0.15, 0.2) is 0 Å². The lowest BCUT2D eigenvalue weighted by molar-refractivity contribution is -0.120. The number of amides is 1. The standard InChI is InChI=1S/C10H20N2OS/c1-7(2)12-10(13)8(3)14-6-9-4-11-5-9/h7-9,11H,4-6H2,1-3H3,(H,12,13). The van der Waals surface area contributed by atoms with Crippen molar-refractivity contribution in [2.45, 2.75) is 32.1 Å². The molecular weight excluding hydrogens is 196 g/mol. The molecule has 0 aromatic rings. The summed E-state index contributed by atoms with van der Waals surface area (Å²) in [7, 11) is 0. The van der Waals surface area contributed by atoms with Crippen molar-refractivity contribution in [2.24, 2.45) is 5.92 Å². The number of carbonyl (C=O) groups excluding carboxylic acids is 1. The predicted molar refractivity (Wildman–Crippen MR) is 61.6 cm³/mol. The summed E-state index contributed by atoms with van der Waals surface area (Å²) < 4.78 is 0. The smallest absolute Gasteiger partial charge is 0.233 e. The normalized spacial score (nSPS) is 19.1. The van der Waals surface area contributed by atoms with E-state index in [9.17, 15) is 4.79 Å². The Kier molecular flexibility index (Phi) is 4.75. The first kappa shape index (κ1) is 11.9. The molecule has 14 heavy (non-hydrogen) atoms. The van der Waals surface area contributed by atoms with Crippen LogP contribution in [0.4, 0.5) is 0 Å². The molecule has 1 rings (SSSR count). The van der Waals surface area contributed by atoms with Gasteiger partial charge in [-0.3, -0.25) is 4.79 Å². The molecule has 1 fully saturated rings. The van der Waals surface area contributed by atoms with Crippen LogP contribution >= 0.6 is 11.8 Å². The molecule has 3 nitrogen and oxygen atoms in total. The molecule has 0 radical (unpaired) electrons. The number of thioether (sulfide) groups is 1. The molecule has 0 aliphatic carbocycles. The first-order valence-electron chi connectivity index (χ1n) is 5.22. The zero-order valence-electron chi connectivity index (χ0n) is 9.17. The first-order valence-corrected chi connectivity index (χ1v) is 6.27. The van der Waals surface area contributed by atoms with Gasteiger partial charge in [0, 0.05) is 6.04 Å². The van der Waals surface area contributed by atoms with Gasteiger partial charge in [-0.15, -0.1) is 11.8 Å². The second-order valence-corrected chi connectivity index (χ2v) is 5.54. The van der Waals surface area contributed by atoms with Gasteiger partial charge in [0.25, 0.3) is 0 Å². The third-order valence-electron chi connectivity index (χ3n) is 2.25. The van der Waals surface area contributed by atoms with Crippen molar-refractivity contribution in [2.75, 3.05) is 18.8 Å². The Morgan fingerprint density at radius 2 is 2.14 bits per heavy atom. The van der Waals surface area contributed by atoms with E-state index in [-0.39, 0.29) is 17.2 Å². The SMILES string of the molecule is CC(C)NC(=O)C(C)SCC1CNC1. The van der Waals surface area contributed by atoms with Crippen LogP contribution in [0.15, 0.2) is 0 Å². The van der Waals surface area contributed by atoms with Crippen LogP contribution in [-0.4, -0.2) is 36.0 Å². The Balaban J connectivity index is 2.12. The van der Waals surface area contributed by atoms with E-state index in [1.807, 2.05) is 20.8 Å². The van der Waals surface area contributed by atoms with Crippen LogP contribution < -0.4 is 10.6 Å². The number of nitrogens with one attached hydrogen (secondary N) is 2. The fourth-order valence-electron chi connectivity index (χ4n) is 1.22. The van der Waals surface area contributed by atoms with Gasteiger partial charge < -0.3 is 10.6 Å². The Morgan fingerprint density at radius 1 is 1.50 bits per heavy atom. The summed E-state index contributed by atoms with van der Waals surface area (Å²) in [5, 5.41) is 6.24. The van der Waals surface area contributed by atoms with Gasteiger partial charge in [-0.25, -0.2) is 0 Å². The molecule has 0 aromatic heterocycles. The zero-order chi connectivity index (χ0) is 10.6. The van der Waals surface area contributed by atoms with Crippen LogP contribution in [0.1, 0.15) is 20.8 Å². The van der Waals surface area contributed by atoms with Crippen LogP contribution in [-0.2, 0) is 4.79 Å². The fraction of sp³-hybridized carbons (Fsp3) is 0.900. The summed E-state index contributed by atoms with van der Waals surface area (Å²) in [6.45, 7) is 8.20. The van der Waals surface area contributed by atoms with Crippen LogP contribution in [0.25, 0.3) is 0 Å². The molecule has 0 bridgehead atoms. The van der Waals surface area contributed by atoms with Gasteiger partial charge in [0.1, 0.15) is 0 Å². The summed E-state index contributed by atoms with van der Waals surface area (Å²) in [5.41, 5.74) is 0. The average molecular weight is 216 g/mol. The molecule has 0 aromatic carbocycles. The lowest BCUT2D eigenvalue weighted by atomic mass is 10.1. The van der Waals surface area contributed by atoms with E-state index in [0.717, 1.165) is 24.8 Å². The highest BCUT2D eigenvalue weighted by Crippen LogP contribution is 2.17. The molecular formula is C10H20N2OS. The van der Waals surface area contributed by atoms with Crippen LogP contribution in [0.5, 0.6) is 0 Å². The van der Waals surface area contributed by atoms with Crippen LogP contribution in [0.3, 0.4) is 0 Å². The maximum Gasteiger partial charge on any atom is 0.233 e. The molecule has 4 heteroatoms. The highest BCUT2D eigenvalue weighted by molar-refractivity contribution is 8.00. The van der Waals surface area contributed by atoms with E-state index in [0.29, 0.717) is 0 Å². The van der Waals surface area contributed by atoms with Gasteiger partial charge in [0.2, 0.25) is 5.91 Å². The van der Waals surface area contributed by atoms with E-state index < -0.39 is 0 Å². The molecule has 0 spiro atoms. The maximum absolute atomic E-state index is 11.5. The average Bonchev–Trinajstić information content (AvgIpc) is 1.99. The molecule has 1 aliphatic heterocycles. The van der Waals surface area contributed by atoms with Crippen molar-refractivity contribution in [3.63, 3.8) is 0 Å². The topological polar surface area (TPSA) is 41.1 Å². The number of hydrogen-bond donors (Lipinski definition) is 2. The van der Waals surface area contributed by atoms with E-state index >= 15 is 0 Å². The Labute approximate surface area is 90.4 Å². The van der Waals surface area contributed by atoms with Crippen LogP contribution in [0, 0.1) is 5.92 Å². The van der Waals surface area contributed by atoms with Gasteiger partial charge in [-0.05, 0) is 45.5 Å². The summed E-state index contributed by atoms with van der Waals surface area (Å²) in [4.78, 5) is 11.5. The summed E-state index contributed by atoms with van der Waals surface area (Å²) >= 11 is 1.76. The minimum Gasteiger partial charge on any atom is -0.353 e. The van der Waals surface area contributed by atoms with E-state index in [4.69, 9.17) is 0 Å². The predicted octanol–water partition coefficient (Wildman–Crippen LogP) is 0.852. The highest BCUT2D eigenvalue weighted by atomic mass is 32.2. The van der Waals surface area contributed by atoms with E-state index in [1.54, 1.807) is 11.8 Å². The largest absolute Gasteiger partial charge is 0.353 e. The highest BCUT2D eigenvalue weighted by Gasteiger charge is 2.20. The molecule has 1 saturated heterocycles. The number of rotatable bonds is 5. The number of hydrogen-bond acceptors (Lipinski definition) is 3. The molecule has 1 amide bonds. The minimum absolute atomic E-state index is 0.0815. The van der Waals surface area contributed by atoms with Crippen molar-refractivity contribution >= 4 is 17.7 Å². The van der Waals surface area contributed by atoms with Crippen molar-refractivity contribution in [3.8, 4) is 0 Å². The second-order valence-electron chi connectivity index (χ2n) is 4.16. The summed E-state index contributed by atoms with van der Waals surface area (Å²) in [5.74, 6) is 2.03. The van der Waals surface area contributed by atoms with Gasteiger partial charge in [0.05, 0.1) is 5.25 Å². The Morgan fingerprint density at radius 3 is 2.57 bits per heavy atom. The molecule has 2 N–H and O–H groups in total. The second kappa shape index (κ2) is 5.61. The van der Waals surface area contributed by atoms with Crippen molar-refractivity contribution in [1.82, 2.24) is 10.6 Å². The maximum atomic E-state index is 11.5. The summed E-state index contributed by atoms with van der Waals surface area (Å²) in [6, 6.07) is 0.246. The quantitative estimate of drug-likeness (QED) is 0.716. The molecule has 0 saturated carbocycles. The van der Waals surface area contributed by atoms with Crippen molar-refractivity contribution in [1.29, 1.82) is 0 Å². The third-order valence-corrected chi connectivity index (χ3v) is 3.63. The first-order chi connectivity index (χ1) is 6.59. The molecule has 1 aliphatic rings. The monoisotopic (exact) mass is 216 g/mol. The van der Waals surface area contributed by atoms with E-state index in [1.165, 1.54) is 0 Å². The van der Waals surface area contributed by atoms with Gasteiger partial charge in [-0.1, -0.05) is 0 Å². The minimum atomic E-state index is 0.0815.